The highest BCUT2D eigenvalue weighted by Gasteiger charge is 2.24. The Morgan fingerprint density at radius 3 is 2.73 bits per heavy atom. The minimum Gasteiger partial charge on any atom is -0.378 e. The molecule has 0 fully saturated rings. The Labute approximate surface area is 188 Å². The molecule has 156 valence electrons. The van der Waals surface area contributed by atoms with E-state index in [9.17, 15) is 0 Å². The van der Waals surface area contributed by atoms with Gasteiger partial charge in [0.1, 0.15) is 11.6 Å². The number of aromatic nitrogens is 2. The predicted octanol–water partition coefficient (Wildman–Crippen LogP) is 6.62. The molecule has 1 aliphatic heterocycles. The first-order chi connectivity index (χ1) is 14.7. The van der Waals surface area contributed by atoms with Crippen LogP contribution in [0.2, 0.25) is 5.02 Å². The molecule has 30 heavy (non-hydrogen) atoms. The summed E-state index contributed by atoms with van der Waals surface area (Å²) in [4.78, 5) is 14.2. The van der Waals surface area contributed by atoms with E-state index in [1.807, 2.05) is 18.3 Å². The van der Waals surface area contributed by atoms with E-state index >= 15 is 0 Å². The number of benzene rings is 2. The molecular weight excluding hydrogens is 412 g/mol. The fraction of sp³-hybridized carbons (Fsp3) is 0.333. The molecule has 2 heterocycles. The van der Waals surface area contributed by atoms with Crippen LogP contribution >= 0.6 is 23.4 Å². The average Bonchev–Trinajstić information content (AvgIpc) is 2.94. The summed E-state index contributed by atoms with van der Waals surface area (Å²) in [5.41, 5.74) is 2.32. The molecular formula is C24H27ClN4S. The van der Waals surface area contributed by atoms with Crippen LogP contribution in [-0.4, -0.2) is 23.1 Å². The molecule has 0 radical (unpaired) electrons. The van der Waals surface area contributed by atoms with Crippen molar-refractivity contribution in [2.24, 2.45) is 0 Å². The first kappa shape index (κ1) is 21.0. The summed E-state index contributed by atoms with van der Waals surface area (Å²) in [7, 11) is 0. The van der Waals surface area contributed by atoms with Gasteiger partial charge in [0, 0.05) is 51.8 Å². The Kier molecular flexibility index (Phi) is 6.80. The summed E-state index contributed by atoms with van der Waals surface area (Å²) >= 11 is 7.75. The lowest BCUT2D eigenvalue weighted by atomic mass is 10.0. The van der Waals surface area contributed by atoms with E-state index in [1.54, 1.807) is 11.8 Å². The minimum atomic E-state index is 0.207. The Bertz CT molecular complexity index is 993. The highest BCUT2D eigenvalue weighted by Crippen LogP contribution is 2.35. The van der Waals surface area contributed by atoms with E-state index in [1.165, 1.54) is 15.4 Å². The van der Waals surface area contributed by atoms with Gasteiger partial charge >= 0.3 is 0 Å². The summed E-state index contributed by atoms with van der Waals surface area (Å²) in [5.74, 6) is 2.00. The molecule has 1 N–H and O–H groups in total. The molecule has 1 unspecified atom stereocenters. The zero-order chi connectivity index (χ0) is 20.9. The third kappa shape index (κ3) is 4.90. The lowest BCUT2D eigenvalue weighted by Gasteiger charge is -2.24. The van der Waals surface area contributed by atoms with Gasteiger partial charge in [-0.15, -0.1) is 0 Å². The van der Waals surface area contributed by atoms with E-state index in [0.717, 1.165) is 54.7 Å². The normalized spacial score (nSPS) is 16.1. The highest BCUT2D eigenvalue weighted by molar-refractivity contribution is 7.99. The Balaban J connectivity index is 1.57. The minimum absolute atomic E-state index is 0.207. The van der Waals surface area contributed by atoms with Crippen molar-refractivity contribution in [1.29, 1.82) is 0 Å². The van der Waals surface area contributed by atoms with Crippen LogP contribution in [0, 0.1) is 0 Å². The largest absolute Gasteiger partial charge is 0.378 e. The van der Waals surface area contributed by atoms with Gasteiger partial charge in [-0.25, -0.2) is 9.97 Å². The van der Waals surface area contributed by atoms with Crippen LogP contribution in [0.15, 0.2) is 64.5 Å². The van der Waals surface area contributed by atoms with Crippen molar-refractivity contribution in [2.45, 2.75) is 48.9 Å². The van der Waals surface area contributed by atoms with Gasteiger partial charge in [-0.05, 0) is 62.2 Å². The average molecular weight is 439 g/mol. The van der Waals surface area contributed by atoms with Gasteiger partial charge in [-0.3, -0.25) is 0 Å². The summed E-state index contributed by atoms with van der Waals surface area (Å²) in [6, 6.07) is 16.8. The monoisotopic (exact) mass is 438 g/mol. The third-order valence-electron chi connectivity index (χ3n) is 5.36. The second-order valence-corrected chi connectivity index (χ2v) is 9.00. The number of anilines is 2. The molecule has 6 heteroatoms. The van der Waals surface area contributed by atoms with Crippen molar-refractivity contribution in [2.75, 3.05) is 23.3 Å². The zero-order valence-corrected chi connectivity index (χ0v) is 19.0. The fourth-order valence-electron chi connectivity index (χ4n) is 3.78. The number of aryl methyl sites for hydroxylation is 1. The van der Waals surface area contributed by atoms with Gasteiger partial charge in [0.05, 0.1) is 6.04 Å². The van der Waals surface area contributed by atoms with E-state index in [4.69, 9.17) is 16.6 Å². The highest BCUT2D eigenvalue weighted by atomic mass is 35.5. The molecule has 0 aliphatic carbocycles. The smallest absolute Gasteiger partial charge is 0.137 e. The van der Waals surface area contributed by atoms with Gasteiger partial charge < -0.3 is 10.2 Å². The molecule has 1 aromatic heterocycles. The standard InChI is InChI=1S/C24H27ClN4S/c1-3-23-26-16-21-22(9-6-14-29(4-2)24(21)28-23)27-18-7-5-8-20(15-18)30-19-12-10-17(25)11-13-19/h5,7-8,10-13,15-16,22,27H,3-4,6,9,14H2,1-2H3. The lowest BCUT2D eigenvalue weighted by molar-refractivity contribution is 0.658. The summed E-state index contributed by atoms with van der Waals surface area (Å²) in [6.07, 6.45) is 5.07. The molecule has 1 atom stereocenters. The maximum absolute atomic E-state index is 6.01. The van der Waals surface area contributed by atoms with Gasteiger partial charge in [0.15, 0.2) is 0 Å². The zero-order valence-electron chi connectivity index (χ0n) is 17.4. The molecule has 2 aromatic carbocycles. The van der Waals surface area contributed by atoms with Crippen molar-refractivity contribution in [3.8, 4) is 0 Å². The fourth-order valence-corrected chi connectivity index (χ4v) is 4.78. The topological polar surface area (TPSA) is 41.1 Å². The van der Waals surface area contributed by atoms with Gasteiger partial charge in [-0.2, -0.15) is 0 Å². The van der Waals surface area contributed by atoms with Crippen LogP contribution in [0.25, 0.3) is 0 Å². The van der Waals surface area contributed by atoms with E-state index in [0.29, 0.717) is 0 Å². The molecule has 4 nitrogen and oxygen atoms in total. The Morgan fingerprint density at radius 1 is 1.13 bits per heavy atom. The number of nitrogens with zero attached hydrogens (tertiary/aromatic N) is 3. The number of rotatable bonds is 6. The molecule has 0 amide bonds. The number of hydrogen-bond acceptors (Lipinski definition) is 5. The molecule has 0 spiro atoms. The van der Waals surface area contributed by atoms with Crippen LogP contribution in [-0.2, 0) is 6.42 Å². The first-order valence-electron chi connectivity index (χ1n) is 10.6. The molecule has 0 saturated carbocycles. The lowest BCUT2D eigenvalue weighted by Crippen LogP contribution is -2.25. The second kappa shape index (κ2) is 9.71. The van der Waals surface area contributed by atoms with Crippen molar-refractivity contribution in [1.82, 2.24) is 9.97 Å². The number of nitrogens with one attached hydrogen (secondary N) is 1. The van der Waals surface area contributed by atoms with Crippen LogP contribution in [0.1, 0.15) is 44.1 Å². The molecule has 0 bridgehead atoms. The van der Waals surface area contributed by atoms with Crippen molar-refractivity contribution in [3.05, 3.63) is 71.1 Å². The molecule has 3 aromatic rings. The quantitative estimate of drug-likeness (QED) is 0.468. The SMILES string of the molecule is CCc1ncc2c(n1)N(CC)CCCC2Nc1cccc(Sc2ccc(Cl)cc2)c1. The molecule has 0 saturated heterocycles. The summed E-state index contributed by atoms with van der Waals surface area (Å²) in [5, 5.41) is 4.51. The van der Waals surface area contributed by atoms with Crippen molar-refractivity contribution >= 4 is 34.9 Å². The first-order valence-corrected chi connectivity index (χ1v) is 11.8. The third-order valence-corrected chi connectivity index (χ3v) is 6.61. The Hall–Kier alpha value is -2.24. The number of hydrogen-bond donors (Lipinski definition) is 1. The number of halogens is 1. The number of fused-ring (bicyclic) bond motifs is 1. The van der Waals surface area contributed by atoms with Crippen molar-refractivity contribution < 1.29 is 0 Å². The van der Waals surface area contributed by atoms with E-state index in [-0.39, 0.29) is 6.04 Å². The van der Waals surface area contributed by atoms with Gasteiger partial charge in [-0.1, -0.05) is 36.4 Å². The van der Waals surface area contributed by atoms with Crippen LogP contribution in [0.3, 0.4) is 0 Å². The van der Waals surface area contributed by atoms with Crippen LogP contribution < -0.4 is 10.2 Å². The molecule has 4 rings (SSSR count). The van der Waals surface area contributed by atoms with Crippen LogP contribution in [0.4, 0.5) is 11.5 Å². The maximum atomic E-state index is 6.01. The van der Waals surface area contributed by atoms with E-state index in [2.05, 4.69) is 65.4 Å². The maximum Gasteiger partial charge on any atom is 0.137 e. The Morgan fingerprint density at radius 2 is 1.97 bits per heavy atom. The van der Waals surface area contributed by atoms with E-state index < -0.39 is 0 Å². The van der Waals surface area contributed by atoms with Gasteiger partial charge in [0.2, 0.25) is 0 Å². The van der Waals surface area contributed by atoms with Gasteiger partial charge in [0.25, 0.3) is 0 Å². The second-order valence-electron chi connectivity index (χ2n) is 7.42. The van der Waals surface area contributed by atoms with Crippen LogP contribution in [0.5, 0.6) is 0 Å². The molecule has 1 aliphatic rings. The summed E-state index contributed by atoms with van der Waals surface area (Å²) in [6.45, 7) is 6.30. The predicted molar refractivity (Wildman–Crippen MR) is 127 cm³/mol. The summed E-state index contributed by atoms with van der Waals surface area (Å²) < 4.78 is 0. The van der Waals surface area contributed by atoms with Crippen molar-refractivity contribution in [3.63, 3.8) is 0 Å².